The topological polar surface area (TPSA) is 66.8 Å². The summed E-state index contributed by atoms with van der Waals surface area (Å²) < 4.78 is 5.75. The number of rotatable bonds is 3. The van der Waals surface area contributed by atoms with Crippen LogP contribution in [-0.4, -0.2) is 22.9 Å². The van der Waals surface area contributed by atoms with Gasteiger partial charge in [-0.1, -0.05) is 41.4 Å². The fourth-order valence-electron chi connectivity index (χ4n) is 4.52. The maximum Gasteiger partial charge on any atom is 0.300 e. The van der Waals surface area contributed by atoms with Gasteiger partial charge in [-0.25, -0.2) is 0 Å². The Hall–Kier alpha value is -3.28. The molecule has 7 heteroatoms. The van der Waals surface area contributed by atoms with E-state index in [1.807, 2.05) is 19.9 Å². The van der Waals surface area contributed by atoms with Crippen molar-refractivity contribution in [3.8, 4) is 5.75 Å². The zero-order valence-corrected chi connectivity index (χ0v) is 20.0. The molecule has 2 heterocycles. The summed E-state index contributed by atoms with van der Waals surface area (Å²) in [7, 11) is 0. The number of aliphatic hydroxyl groups is 1. The summed E-state index contributed by atoms with van der Waals surface area (Å²) in [5, 5.41) is 12.3. The molecule has 0 aromatic heterocycles. The first-order valence-electron chi connectivity index (χ1n) is 10.9. The number of ketones is 1. The quantitative estimate of drug-likeness (QED) is 0.266. The van der Waals surface area contributed by atoms with Crippen molar-refractivity contribution in [2.45, 2.75) is 32.4 Å². The largest absolute Gasteiger partial charge is 0.507 e. The first-order chi connectivity index (χ1) is 16.2. The summed E-state index contributed by atoms with van der Waals surface area (Å²) in [6.07, 6.45) is 0.742. The third-order valence-electron chi connectivity index (χ3n) is 6.23. The molecular weight excluding hydrogens is 473 g/mol. The number of ether oxygens (including phenoxy) is 1. The van der Waals surface area contributed by atoms with Gasteiger partial charge in [0.05, 0.1) is 11.6 Å². The van der Waals surface area contributed by atoms with Crippen LogP contribution in [0.1, 0.15) is 35.2 Å². The summed E-state index contributed by atoms with van der Waals surface area (Å²) in [6, 6.07) is 16.5. The molecule has 0 saturated carbocycles. The average Bonchev–Trinajstić information content (AvgIpc) is 3.31. The Labute approximate surface area is 207 Å². The van der Waals surface area contributed by atoms with Gasteiger partial charge in [-0.15, -0.1) is 0 Å². The van der Waals surface area contributed by atoms with Crippen LogP contribution in [0, 0.1) is 6.92 Å². The van der Waals surface area contributed by atoms with Crippen molar-refractivity contribution < 1.29 is 19.4 Å². The Morgan fingerprint density at radius 2 is 1.76 bits per heavy atom. The number of aryl methyl sites for hydroxylation is 1. The van der Waals surface area contributed by atoms with Crippen molar-refractivity contribution in [2.24, 2.45) is 0 Å². The van der Waals surface area contributed by atoms with Crippen LogP contribution < -0.4 is 9.64 Å². The van der Waals surface area contributed by atoms with E-state index in [9.17, 15) is 14.7 Å². The lowest BCUT2D eigenvalue weighted by Crippen LogP contribution is -2.29. The van der Waals surface area contributed by atoms with Crippen molar-refractivity contribution in [1.82, 2.24) is 0 Å². The van der Waals surface area contributed by atoms with Gasteiger partial charge in [-0.2, -0.15) is 0 Å². The smallest absolute Gasteiger partial charge is 0.300 e. The summed E-state index contributed by atoms with van der Waals surface area (Å²) >= 11 is 12.4. The molecule has 1 N–H and O–H groups in total. The van der Waals surface area contributed by atoms with Crippen molar-refractivity contribution in [2.75, 3.05) is 4.90 Å². The highest BCUT2D eigenvalue weighted by Gasteiger charge is 2.47. The van der Waals surface area contributed by atoms with Crippen LogP contribution in [0.2, 0.25) is 10.0 Å². The SMILES string of the molecule is Cc1ccc(N2C(=O)C(=O)/C(=C(\O)c3ccc4c(c3)CC(C)O4)C2c2ccc(Cl)cc2)cc1Cl. The van der Waals surface area contributed by atoms with Crippen molar-refractivity contribution in [3.05, 3.63) is 98.5 Å². The minimum absolute atomic E-state index is 0.0101. The summed E-state index contributed by atoms with van der Waals surface area (Å²) in [5.41, 5.74) is 3.36. The number of Topliss-reactive ketones (excluding diaryl/α,β-unsaturated/α-hetero) is 1. The second-order valence-corrected chi connectivity index (χ2v) is 9.45. The first-order valence-corrected chi connectivity index (χ1v) is 11.6. The van der Waals surface area contributed by atoms with Gasteiger partial charge >= 0.3 is 0 Å². The van der Waals surface area contributed by atoms with Gasteiger partial charge in [0.2, 0.25) is 0 Å². The van der Waals surface area contributed by atoms with E-state index in [4.69, 9.17) is 27.9 Å². The maximum atomic E-state index is 13.3. The van der Waals surface area contributed by atoms with E-state index in [1.54, 1.807) is 54.6 Å². The zero-order valence-electron chi connectivity index (χ0n) is 18.5. The van der Waals surface area contributed by atoms with E-state index >= 15 is 0 Å². The molecule has 172 valence electrons. The molecule has 0 bridgehead atoms. The van der Waals surface area contributed by atoms with Gasteiger partial charge in [0.1, 0.15) is 17.6 Å². The van der Waals surface area contributed by atoms with Crippen LogP contribution in [0.25, 0.3) is 5.76 Å². The summed E-state index contributed by atoms with van der Waals surface area (Å²) in [6.45, 7) is 3.83. The molecule has 2 unspecified atom stereocenters. The van der Waals surface area contributed by atoms with Gasteiger partial charge in [0.25, 0.3) is 11.7 Å². The van der Waals surface area contributed by atoms with Crippen LogP contribution in [0.5, 0.6) is 5.75 Å². The standard InChI is InChI=1S/C27H21Cl2NO4/c1-14-3-9-20(13-21(14)29)30-24(16-4-7-19(28)8-5-16)23(26(32)27(30)33)25(31)17-6-10-22-18(12-17)11-15(2)34-22/h3-10,12-13,15,24,31H,11H2,1-2H3/b25-23-. The molecule has 0 aliphatic carbocycles. The monoisotopic (exact) mass is 493 g/mol. The fourth-order valence-corrected chi connectivity index (χ4v) is 4.82. The number of aliphatic hydroxyl groups excluding tert-OH is 1. The Bertz CT molecular complexity index is 1360. The molecule has 1 saturated heterocycles. The maximum absolute atomic E-state index is 13.3. The van der Waals surface area contributed by atoms with E-state index in [1.165, 1.54) is 4.90 Å². The van der Waals surface area contributed by atoms with Gasteiger partial charge in [0, 0.05) is 27.7 Å². The molecule has 2 aliphatic rings. The van der Waals surface area contributed by atoms with E-state index in [2.05, 4.69) is 0 Å². The molecule has 0 radical (unpaired) electrons. The molecule has 1 amide bonds. The number of carbonyl (C=O) groups is 2. The number of hydrogen-bond acceptors (Lipinski definition) is 4. The van der Waals surface area contributed by atoms with Crippen molar-refractivity contribution in [1.29, 1.82) is 0 Å². The number of nitrogens with zero attached hydrogens (tertiary/aromatic N) is 1. The minimum Gasteiger partial charge on any atom is -0.507 e. The Morgan fingerprint density at radius 1 is 1.03 bits per heavy atom. The lowest BCUT2D eigenvalue weighted by molar-refractivity contribution is -0.132. The second kappa shape index (κ2) is 8.49. The summed E-state index contributed by atoms with van der Waals surface area (Å²) in [4.78, 5) is 27.9. The number of hydrogen-bond donors (Lipinski definition) is 1. The average molecular weight is 494 g/mol. The Balaban J connectivity index is 1.69. The van der Waals surface area contributed by atoms with E-state index < -0.39 is 17.7 Å². The molecule has 1 fully saturated rings. The molecule has 2 aliphatic heterocycles. The number of fused-ring (bicyclic) bond motifs is 1. The number of amides is 1. The first kappa shape index (κ1) is 22.5. The lowest BCUT2D eigenvalue weighted by Gasteiger charge is -2.26. The number of benzene rings is 3. The van der Waals surface area contributed by atoms with Gasteiger partial charge in [0.15, 0.2) is 0 Å². The van der Waals surface area contributed by atoms with Crippen LogP contribution in [0.4, 0.5) is 5.69 Å². The molecule has 34 heavy (non-hydrogen) atoms. The Kier molecular flexibility index (Phi) is 5.62. The summed E-state index contributed by atoms with van der Waals surface area (Å²) in [5.74, 6) is -0.979. The highest BCUT2D eigenvalue weighted by molar-refractivity contribution is 6.51. The van der Waals surface area contributed by atoms with Crippen LogP contribution in [-0.2, 0) is 16.0 Å². The Morgan fingerprint density at radius 3 is 2.47 bits per heavy atom. The number of halogens is 2. The highest BCUT2D eigenvalue weighted by atomic mass is 35.5. The van der Waals surface area contributed by atoms with Gasteiger partial charge in [-0.3, -0.25) is 14.5 Å². The molecule has 0 spiro atoms. The van der Waals surface area contributed by atoms with Crippen molar-refractivity contribution in [3.63, 3.8) is 0 Å². The molecule has 3 aromatic rings. The van der Waals surface area contributed by atoms with E-state index in [0.29, 0.717) is 33.3 Å². The third kappa shape index (κ3) is 3.75. The molecule has 3 aromatic carbocycles. The molecule has 2 atom stereocenters. The number of carbonyl (C=O) groups excluding carboxylic acids is 2. The van der Waals surface area contributed by atoms with Crippen LogP contribution >= 0.6 is 23.2 Å². The predicted molar refractivity (Wildman–Crippen MR) is 133 cm³/mol. The van der Waals surface area contributed by atoms with Gasteiger partial charge < -0.3 is 9.84 Å². The zero-order chi connectivity index (χ0) is 24.1. The van der Waals surface area contributed by atoms with Gasteiger partial charge in [-0.05, 0) is 73.0 Å². The van der Waals surface area contributed by atoms with E-state index in [-0.39, 0.29) is 17.4 Å². The third-order valence-corrected chi connectivity index (χ3v) is 6.89. The molecular formula is C27H21Cl2NO4. The lowest BCUT2D eigenvalue weighted by atomic mass is 9.94. The number of anilines is 1. The van der Waals surface area contributed by atoms with Crippen molar-refractivity contribution >= 4 is 46.3 Å². The normalized spacial score (nSPS) is 21.0. The minimum atomic E-state index is -0.848. The predicted octanol–water partition coefficient (Wildman–Crippen LogP) is 6.25. The second-order valence-electron chi connectivity index (χ2n) is 8.61. The molecule has 5 nitrogen and oxygen atoms in total. The van der Waals surface area contributed by atoms with Crippen LogP contribution in [0.15, 0.2) is 66.2 Å². The molecule has 5 rings (SSSR count). The van der Waals surface area contributed by atoms with E-state index in [0.717, 1.165) is 16.9 Å². The van der Waals surface area contributed by atoms with Crippen LogP contribution in [0.3, 0.4) is 0 Å². The highest BCUT2D eigenvalue weighted by Crippen LogP contribution is 2.43. The fraction of sp³-hybridized carbons (Fsp3) is 0.185.